The molecule has 11 heteroatoms. The van der Waals surface area contributed by atoms with Gasteiger partial charge in [-0.05, 0) is 60.6 Å². The maximum Gasteiger partial charge on any atom is 0.586 e. The molecule has 1 N–H and O–H groups in total. The number of benzene rings is 2. The van der Waals surface area contributed by atoms with Crippen molar-refractivity contribution in [3.05, 3.63) is 65.5 Å². The van der Waals surface area contributed by atoms with Gasteiger partial charge in [0.2, 0.25) is 0 Å². The summed E-state index contributed by atoms with van der Waals surface area (Å²) in [4.78, 5) is 2.31. The van der Waals surface area contributed by atoms with Crippen LogP contribution in [0.15, 0.2) is 42.5 Å². The minimum Gasteiger partial charge on any atom is -0.395 e. The Morgan fingerprint density at radius 1 is 0.917 bits per heavy atom. The van der Waals surface area contributed by atoms with Crippen LogP contribution in [0.25, 0.3) is 11.3 Å². The third-order valence-electron chi connectivity index (χ3n) is 6.98. The average Bonchev–Trinajstić information content (AvgIpc) is 3.46. The van der Waals surface area contributed by atoms with Crippen LogP contribution in [0.1, 0.15) is 18.4 Å². The summed E-state index contributed by atoms with van der Waals surface area (Å²) < 4.78 is 76.5. The van der Waals surface area contributed by atoms with E-state index >= 15 is 0 Å². The van der Waals surface area contributed by atoms with Crippen LogP contribution in [0.2, 0.25) is 0 Å². The van der Waals surface area contributed by atoms with Crippen molar-refractivity contribution in [2.75, 3.05) is 18.4 Å². The van der Waals surface area contributed by atoms with Gasteiger partial charge in [-0.15, -0.1) is 19.0 Å². The van der Waals surface area contributed by atoms with Crippen molar-refractivity contribution in [1.82, 2.24) is 15.1 Å². The van der Waals surface area contributed by atoms with Gasteiger partial charge in [0.1, 0.15) is 11.6 Å². The quantitative estimate of drug-likeness (QED) is 0.381. The fraction of sp³-hybridized carbons (Fsp3) is 0.360. The first kappa shape index (κ1) is 23.0. The lowest BCUT2D eigenvalue weighted by molar-refractivity contribution is -0.286. The Morgan fingerprint density at radius 3 is 2.39 bits per heavy atom. The van der Waals surface area contributed by atoms with E-state index in [1.165, 1.54) is 12.1 Å². The van der Waals surface area contributed by atoms with Gasteiger partial charge in [-0.1, -0.05) is 6.07 Å². The van der Waals surface area contributed by atoms with E-state index in [2.05, 4.69) is 29.9 Å². The van der Waals surface area contributed by atoms with Gasteiger partial charge in [-0.3, -0.25) is 4.90 Å². The Labute approximate surface area is 203 Å². The third-order valence-corrected chi connectivity index (χ3v) is 6.98. The maximum absolute atomic E-state index is 14.0. The molecule has 6 rings (SSSR count). The first-order valence-corrected chi connectivity index (χ1v) is 11.6. The van der Waals surface area contributed by atoms with Crippen molar-refractivity contribution in [1.29, 1.82) is 0 Å². The molecule has 0 bridgehead atoms. The molecule has 1 saturated carbocycles. The van der Waals surface area contributed by atoms with Crippen LogP contribution in [0, 0.1) is 29.3 Å². The van der Waals surface area contributed by atoms with Gasteiger partial charge < -0.3 is 14.8 Å². The molecule has 0 radical (unpaired) electrons. The van der Waals surface area contributed by atoms with Crippen molar-refractivity contribution in [3.8, 4) is 22.8 Å². The summed E-state index contributed by atoms with van der Waals surface area (Å²) in [5.74, 6) is -1.76. The number of ether oxygens (including phenoxy) is 2. The number of aromatic nitrogens is 2. The summed E-state index contributed by atoms with van der Waals surface area (Å²) in [6.07, 6.45) is -1.75. The molecule has 2 aliphatic heterocycles. The van der Waals surface area contributed by atoms with Gasteiger partial charge >= 0.3 is 6.29 Å². The predicted molar refractivity (Wildman–Crippen MR) is 119 cm³/mol. The molecule has 2 fully saturated rings. The van der Waals surface area contributed by atoms with E-state index < -0.39 is 23.7 Å². The number of alkyl halides is 2. The lowest BCUT2D eigenvalue weighted by atomic mass is 10.0. The fourth-order valence-electron chi connectivity index (χ4n) is 5.50. The van der Waals surface area contributed by atoms with Gasteiger partial charge in [0, 0.05) is 37.3 Å². The molecule has 1 aromatic heterocycles. The smallest absolute Gasteiger partial charge is 0.395 e. The van der Waals surface area contributed by atoms with Crippen LogP contribution in [0.4, 0.5) is 27.8 Å². The zero-order valence-electron chi connectivity index (χ0n) is 18.9. The Bertz CT molecular complexity index is 1290. The second-order valence-corrected chi connectivity index (χ2v) is 9.53. The van der Waals surface area contributed by atoms with Crippen LogP contribution >= 0.6 is 0 Å². The van der Waals surface area contributed by atoms with Crippen LogP contribution in [0.3, 0.4) is 0 Å². The SMILES string of the molecule is Fc1cc(F)c(F)c(-c2ccc(N[C@H]3C[C@@H]4CN(Cc5ccc6c(c5)OC(F)(F)O6)C[C@@H]4C3)nn2)c1. The molecule has 1 aliphatic carbocycles. The molecule has 1 saturated heterocycles. The van der Waals surface area contributed by atoms with Crippen LogP contribution in [-0.4, -0.2) is 40.5 Å². The minimum absolute atomic E-state index is 0.0420. The lowest BCUT2D eigenvalue weighted by Gasteiger charge is -2.20. The molecule has 3 aromatic rings. The summed E-state index contributed by atoms with van der Waals surface area (Å²) in [7, 11) is 0. The Balaban J connectivity index is 1.04. The summed E-state index contributed by atoms with van der Waals surface area (Å²) >= 11 is 0. The monoisotopic (exact) mass is 504 g/mol. The summed E-state index contributed by atoms with van der Waals surface area (Å²) in [5, 5.41) is 11.4. The summed E-state index contributed by atoms with van der Waals surface area (Å²) in [5.41, 5.74) is 0.649. The molecule has 6 nitrogen and oxygen atoms in total. The molecule has 0 spiro atoms. The van der Waals surface area contributed by atoms with E-state index in [9.17, 15) is 22.0 Å². The number of rotatable bonds is 5. The van der Waals surface area contributed by atoms with E-state index in [1.54, 1.807) is 18.2 Å². The van der Waals surface area contributed by atoms with Crippen molar-refractivity contribution in [3.63, 3.8) is 0 Å². The van der Waals surface area contributed by atoms with Crippen molar-refractivity contribution < 1.29 is 31.4 Å². The number of hydrogen-bond donors (Lipinski definition) is 1. The molecule has 36 heavy (non-hydrogen) atoms. The van der Waals surface area contributed by atoms with Crippen LogP contribution in [-0.2, 0) is 6.54 Å². The Hall–Kier alpha value is -3.47. The van der Waals surface area contributed by atoms with Gasteiger partial charge in [0.25, 0.3) is 0 Å². The molecule has 3 atom stereocenters. The highest BCUT2D eigenvalue weighted by Crippen LogP contribution is 2.43. The van der Waals surface area contributed by atoms with E-state index in [0.717, 1.165) is 37.6 Å². The lowest BCUT2D eigenvalue weighted by Crippen LogP contribution is -2.26. The number of fused-ring (bicyclic) bond motifs is 2. The molecular weight excluding hydrogens is 483 g/mol. The first-order chi connectivity index (χ1) is 17.2. The van der Waals surface area contributed by atoms with Gasteiger partial charge in [0.05, 0.1) is 5.69 Å². The normalized spacial score (nSPS) is 24.2. The Morgan fingerprint density at radius 2 is 1.67 bits per heavy atom. The largest absolute Gasteiger partial charge is 0.586 e. The second-order valence-electron chi connectivity index (χ2n) is 9.53. The zero-order chi connectivity index (χ0) is 25.0. The van der Waals surface area contributed by atoms with Crippen LogP contribution in [0.5, 0.6) is 11.5 Å². The minimum atomic E-state index is -3.62. The number of likely N-dealkylation sites (tertiary alicyclic amines) is 1. The van der Waals surface area contributed by atoms with E-state index in [1.807, 2.05) is 0 Å². The number of halogens is 5. The molecule has 3 heterocycles. The molecule has 188 valence electrons. The Kier molecular flexibility index (Phi) is 5.47. The third kappa shape index (κ3) is 4.43. The summed E-state index contributed by atoms with van der Waals surface area (Å²) in [6, 6.07) is 9.54. The van der Waals surface area contributed by atoms with E-state index in [0.29, 0.717) is 30.3 Å². The topological polar surface area (TPSA) is 59.5 Å². The number of nitrogens with zero attached hydrogens (tertiary/aromatic N) is 3. The van der Waals surface area contributed by atoms with Crippen LogP contribution < -0.4 is 14.8 Å². The predicted octanol–water partition coefficient (Wildman–Crippen LogP) is 5.20. The highest BCUT2D eigenvalue weighted by atomic mass is 19.3. The van der Waals surface area contributed by atoms with Gasteiger partial charge in [-0.2, -0.15) is 0 Å². The van der Waals surface area contributed by atoms with Gasteiger partial charge in [-0.25, -0.2) is 13.2 Å². The average molecular weight is 504 g/mol. The molecule has 0 unspecified atom stereocenters. The summed E-state index contributed by atoms with van der Waals surface area (Å²) in [6.45, 7) is 2.42. The van der Waals surface area contributed by atoms with Gasteiger partial charge in [0.15, 0.2) is 23.1 Å². The first-order valence-electron chi connectivity index (χ1n) is 11.6. The standard InChI is InChI=1S/C25H21F5N4O2/c26-16-8-18(24(28)19(27)9-16)20-2-4-23(33-32-20)31-17-6-14-11-34(12-15(14)7-17)10-13-1-3-21-22(5-13)36-25(29,30)35-21/h1-5,8-9,14-15,17H,6-7,10-12H2,(H,31,33)/t14-,15+,17+. The highest BCUT2D eigenvalue weighted by Gasteiger charge is 2.44. The number of anilines is 1. The maximum atomic E-state index is 14.0. The molecule has 0 amide bonds. The van der Waals surface area contributed by atoms with E-state index in [-0.39, 0.29) is 28.8 Å². The molecular formula is C25H21F5N4O2. The highest BCUT2D eigenvalue weighted by molar-refractivity contribution is 5.60. The van der Waals surface area contributed by atoms with Crippen molar-refractivity contribution in [2.24, 2.45) is 11.8 Å². The van der Waals surface area contributed by atoms with Crippen molar-refractivity contribution in [2.45, 2.75) is 31.7 Å². The molecule has 2 aromatic carbocycles. The fourth-order valence-corrected chi connectivity index (χ4v) is 5.50. The number of hydrogen-bond acceptors (Lipinski definition) is 6. The van der Waals surface area contributed by atoms with E-state index in [4.69, 9.17) is 0 Å². The molecule has 3 aliphatic rings. The number of nitrogens with one attached hydrogen (secondary N) is 1. The second kappa shape index (κ2) is 8.58. The van der Waals surface area contributed by atoms with Crippen molar-refractivity contribution >= 4 is 5.82 Å². The zero-order valence-corrected chi connectivity index (χ0v) is 18.9.